The van der Waals surface area contributed by atoms with Crippen LogP contribution in [-0.2, 0) is 0 Å². The van der Waals surface area contributed by atoms with Gasteiger partial charge in [-0.25, -0.2) is 0 Å². The Morgan fingerprint density at radius 2 is 2.00 bits per heavy atom. The van der Waals surface area contributed by atoms with Crippen molar-refractivity contribution in [1.82, 2.24) is 10.6 Å². The van der Waals surface area contributed by atoms with Crippen molar-refractivity contribution >= 4 is 0 Å². The SMILES string of the molecule is CCC1NCC(N)CN1. The second-order valence-electron chi connectivity index (χ2n) is 2.54. The van der Waals surface area contributed by atoms with Crippen LogP contribution < -0.4 is 16.4 Å². The van der Waals surface area contributed by atoms with Gasteiger partial charge >= 0.3 is 0 Å². The van der Waals surface area contributed by atoms with Crippen LogP contribution in [0.4, 0.5) is 0 Å². The molecule has 0 amide bonds. The zero-order chi connectivity index (χ0) is 6.69. The third-order valence-corrected chi connectivity index (χ3v) is 1.66. The molecule has 0 unspecified atom stereocenters. The summed E-state index contributed by atoms with van der Waals surface area (Å²) in [7, 11) is 0. The van der Waals surface area contributed by atoms with Crippen LogP contribution in [0.25, 0.3) is 0 Å². The highest BCUT2D eigenvalue weighted by Gasteiger charge is 2.13. The first-order valence-electron chi connectivity index (χ1n) is 3.55. The third-order valence-electron chi connectivity index (χ3n) is 1.66. The molecule has 1 aliphatic rings. The van der Waals surface area contributed by atoms with E-state index in [0.29, 0.717) is 12.2 Å². The van der Waals surface area contributed by atoms with E-state index in [2.05, 4.69) is 17.6 Å². The molecule has 0 saturated carbocycles. The molecule has 1 rings (SSSR count). The van der Waals surface area contributed by atoms with E-state index in [1.54, 1.807) is 0 Å². The lowest BCUT2D eigenvalue weighted by Gasteiger charge is -2.28. The van der Waals surface area contributed by atoms with Crippen LogP contribution in [0.2, 0.25) is 0 Å². The van der Waals surface area contributed by atoms with Crippen molar-refractivity contribution in [3.63, 3.8) is 0 Å². The Labute approximate surface area is 56.0 Å². The average molecular weight is 129 g/mol. The first-order valence-corrected chi connectivity index (χ1v) is 3.55. The van der Waals surface area contributed by atoms with Gasteiger partial charge in [-0.15, -0.1) is 0 Å². The second-order valence-corrected chi connectivity index (χ2v) is 2.54. The molecule has 0 spiro atoms. The lowest BCUT2D eigenvalue weighted by Crippen LogP contribution is -2.57. The molecule has 1 heterocycles. The molecule has 1 saturated heterocycles. The summed E-state index contributed by atoms with van der Waals surface area (Å²) < 4.78 is 0. The van der Waals surface area contributed by atoms with Crippen LogP contribution in [0.3, 0.4) is 0 Å². The quantitative estimate of drug-likeness (QED) is 0.436. The molecular formula is C6H15N3. The van der Waals surface area contributed by atoms with E-state index in [1.165, 1.54) is 0 Å². The van der Waals surface area contributed by atoms with Crippen molar-refractivity contribution in [2.75, 3.05) is 13.1 Å². The van der Waals surface area contributed by atoms with Crippen LogP contribution in [0.5, 0.6) is 0 Å². The summed E-state index contributed by atoms with van der Waals surface area (Å²) in [5, 5.41) is 6.56. The molecule has 3 nitrogen and oxygen atoms in total. The summed E-state index contributed by atoms with van der Waals surface area (Å²) in [6.45, 7) is 4.05. The fraction of sp³-hybridized carbons (Fsp3) is 1.00. The monoisotopic (exact) mass is 129 g/mol. The molecule has 9 heavy (non-hydrogen) atoms. The standard InChI is InChI=1S/C6H15N3/c1-2-6-8-3-5(7)4-9-6/h5-6,8-9H,2-4,7H2,1H3. The van der Waals surface area contributed by atoms with Crippen molar-refractivity contribution in [1.29, 1.82) is 0 Å². The van der Waals surface area contributed by atoms with Crippen LogP contribution in [0.1, 0.15) is 13.3 Å². The maximum atomic E-state index is 5.63. The van der Waals surface area contributed by atoms with E-state index in [9.17, 15) is 0 Å². The van der Waals surface area contributed by atoms with Crippen molar-refractivity contribution in [2.45, 2.75) is 25.6 Å². The van der Waals surface area contributed by atoms with Gasteiger partial charge in [0, 0.05) is 19.1 Å². The van der Waals surface area contributed by atoms with Gasteiger partial charge in [0.1, 0.15) is 0 Å². The fourth-order valence-electron chi connectivity index (χ4n) is 1.02. The largest absolute Gasteiger partial charge is 0.326 e. The van der Waals surface area contributed by atoms with Gasteiger partial charge in [0.25, 0.3) is 0 Å². The summed E-state index contributed by atoms with van der Waals surface area (Å²) in [5.74, 6) is 0. The van der Waals surface area contributed by atoms with Gasteiger partial charge in [-0.1, -0.05) is 6.92 Å². The molecule has 0 aliphatic carbocycles. The van der Waals surface area contributed by atoms with Gasteiger partial charge in [0.15, 0.2) is 0 Å². The minimum Gasteiger partial charge on any atom is -0.326 e. The summed E-state index contributed by atoms with van der Waals surface area (Å²) in [6.07, 6.45) is 1.62. The molecular weight excluding hydrogens is 114 g/mol. The molecule has 0 bridgehead atoms. The van der Waals surface area contributed by atoms with Gasteiger partial charge in [0.2, 0.25) is 0 Å². The highest BCUT2D eigenvalue weighted by atomic mass is 15.2. The molecule has 54 valence electrons. The van der Waals surface area contributed by atoms with E-state index >= 15 is 0 Å². The summed E-state index contributed by atoms with van der Waals surface area (Å²) in [5.41, 5.74) is 5.63. The van der Waals surface area contributed by atoms with E-state index in [0.717, 1.165) is 19.5 Å². The Morgan fingerprint density at radius 3 is 2.44 bits per heavy atom. The Kier molecular flexibility index (Phi) is 2.45. The van der Waals surface area contributed by atoms with Gasteiger partial charge in [-0.3, -0.25) is 0 Å². The number of hydrogen-bond donors (Lipinski definition) is 3. The smallest absolute Gasteiger partial charge is 0.0570 e. The second kappa shape index (κ2) is 3.15. The summed E-state index contributed by atoms with van der Waals surface area (Å²) >= 11 is 0. The third kappa shape index (κ3) is 1.93. The maximum Gasteiger partial charge on any atom is 0.0570 e. The number of nitrogens with two attached hydrogens (primary N) is 1. The zero-order valence-corrected chi connectivity index (χ0v) is 5.85. The molecule has 1 aliphatic heterocycles. The topological polar surface area (TPSA) is 50.1 Å². The highest BCUT2D eigenvalue weighted by molar-refractivity contribution is 4.77. The van der Waals surface area contributed by atoms with E-state index < -0.39 is 0 Å². The Balaban J connectivity index is 2.18. The molecule has 3 heteroatoms. The Bertz CT molecular complexity index is 76.4. The molecule has 0 aromatic rings. The zero-order valence-electron chi connectivity index (χ0n) is 5.85. The highest BCUT2D eigenvalue weighted by Crippen LogP contribution is 1.91. The Hall–Kier alpha value is -0.120. The lowest BCUT2D eigenvalue weighted by atomic mass is 10.2. The summed E-state index contributed by atoms with van der Waals surface area (Å²) in [6, 6.07) is 0.299. The van der Waals surface area contributed by atoms with Crippen molar-refractivity contribution in [2.24, 2.45) is 5.73 Å². The first-order chi connectivity index (χ1) is 4.33. The van der Waals surface area contributed by atoms with Gasteiger partial charge in [-0.2, -0.15) is 0 Å². The van der Waals surface area contributed by atoms with Gasteiger partial charge in [-0.05, 0) is 6.42 Å². The van der Waals surface area contributed by atoms with Crippen LogP contribution in [-0.4, -0.2) is 25.3 Å². The van der Waals surface area contributed by atoms with Crippen molar-refractivity contribution in [3.8, 4) is 0 Å². The molecule has 1 fully saturated rings. The first kappa shape index (κ1) is 6.99. The summed E-state index contributed by atoms with van der Waals surface area (Å²) in [4.78, 5) is 0. The molecule has 0 aromatic carbocycles. The number of nitrogens with one attached hydrogen (secondary N) is 2. The normalized spacial score (nSPS) is 36.7. The average Bonchev–Trinajstić information content (AvgIpc) is 1.90. The molecule has 0 atom stereocenters. The van der Waals surface area contributed by atoms with Crippen LogP contribution in [0, 0.1) is 0 Å². The van der Waals surface area contributed by atoms with Gasteiger partial charge in [0.05, 0.1) is 6.17 Å². The van der Waals surface area contributed by atoms with Gasteiger partial charge < -0.3 is 16.4 Å². The lowest BCUT2D eigenvalue weighted by molar-refractivity contribution is 0.334. The maximum absolute atomic E-state index is 5.63. The van der Waals surface area contributed by atoms with Crippen LogP contribution in [0.15, 0.2) is 0 Å². The van der Waals surface area contributed by atoms with E-state index in [-0.39, 0.29) is 0 Å². The van der Waals surface area contributed by atoms with Crippen molar-refractivity contribution < 1.29 is 0 Å². The van der Waals surface area contributed by atoms with E-state index in [1.807, 2.05) is 0 Å². The molecule has 0 aromatic heterocycles. The Morgan fingerprint density at radius 1 is 1.44 bits per heavy atom. The number of rotatable bonds is 1. The minimum absolute atomic E-state index is 0.299. The minimum atomic E-state index is 0.299. The van der Waals surface area contributed by atoms with Crippen LogP contribution >= 0.6 is 0 Å². The van der Waals surface area contributed by atoms with E-state index in [4.69, 9.17) is 5.73 Å². The predicted molar refractivity (Wildman–Crippen MR) is 38.1 cm³/mol. The fourth-order valence-corrected chi connectivity index (χ4v) is 1.02. The van der Waals surface area contributed by atoms with Crippen molar-refractivity contribution in [3.05, 3.63) is 0 Å². The number of hydrogen-bond acceptors (Lipinski definition) is 3. The molecule has 4 N–H and O–H groups in total. The predicted octanol–water partition coefficient (Wildman–Crippen LogP) is -0.757. The molecule has 0 radical (unpaired) electrons.